The summed E-state index contributed by atoms with van der Waals surface area (Å²) >= 11 is 12.4. The van der Waals surface area contributed by atoms with Gasteiger partial charge in [0.1, 0.15) is 30.3 Å². The molecular weight excluding hydrogens is 545 g/mol. The Bertz CT molecular complexity index is 1360. The summed E-state index contributed by atoms with van der Waals surface area (Å²) in [6, 6.07) is 11.4. The summed E-state index contributed by atoms with van der Waals surface area (Å²) in [5.74, 6) is 1.09. The number of aromatic nitrogens is 1. The van der Waals surface area contributed by atoms with Crippen LogP contribution < -0.4 is 15.2 Å². The van der Waals surface area contributed by atoms with Crippen LogP contribution in [0, 0.1) is 23.7 Å². The quantitative estimate of drug-likeness (QED) is 0.211. The number of benzene rings is 2. The van der Waals surface area contributed by atoms with Crippen molar-refractivity contribution in [1.29, 1.82) is 10.7 Å². The Hall–Kier alpha value is -3.31. The van der Waals surface area contributed by atoms with Gasteiger partial charge in [0.15, 0.2) is 0 Å². The second kappa shape index (κ2) is 14.4. The van der Waals surface area contributed by atoms with Gasteiger partial charge in [-0.1, -0.05) is 37.0 Å². The fraction of sp³-hybridized carbons (Fsp3) is 0.387. The smallest absolute Gasteiger partial charge is 0.140 e. The summed E-state index contributed by atoms with van der Waals surface area (Å²) in [6.45, 7) is 12.4. The van der Waals surface area contributed by atoms with Crippen LogP contribution in [0.3, 0.4) is 0 Å². The van der Waals surface area contributed by atoms with Crippen LogP contribution in [-0.2, 0) is 6.61 Å². The maximum Gasteiger partial charge on any atom is 0.140 e. The molecule has 9 heteroatoms. The third-order valence-corrected chi connectivity index (χ3v) is 7.46. The highest BCUT2D eigenvalue weighted by atomic mass is 35.5. The van der Waals surface area contributed by atoms with Crippen molar-refractivity contribution in [2.24, 2.45) is 0 Å². The number of rotatable bonds is 8. The van der Waals surface area contributed by atoms with Crippen LogP contribution in [0.2, 0.25) is 10.0 Å². The Labute approximate surface area is 247 Å². The van der Waals surface area contributed by atoms with E-state index in [1.807, 2.05) is 26.8 Å². The van der Waals surface area contributed by atoms with E-state index in [0.717, 1.165) is 31.5 Å². The van der Waals surface area contributed by atoms with Gasteiger partial charge in [0, 0.05) is 53.9 Å². The number of nitriles is 1. The highest BCUT2D eigenvalue weighted by Gasteiger charge is 2.24. The molecule has 0 spiro atoms. The fourth-order valence-corrected chi connectivity index (χ4v) is 5.04. The number of anilines is 1. The molecular formula is C31H37Cl2N5O2. The zero-order valence-corrected chi connectivity index (χ0v) is 25.2. The monoisotopic (exact) mass is 581 g/mol. The Balaban J connectivity index is 0.00000216. The molecule has 0 saturated carbocycles. The molecule has 0 bridgehead atoms. The summed E-state index contributed by atoms with van der Waals surface area (Å²) in [5, 5.41) is 19.6. The molecule has 0 aliphatic carbocycles. The first-order valence-electron chi connectivity index (χ1n) is 13.5. The van der Waals surface area contributed by atoms with Gasteiger partial charge in [-0.2, -0.15) is 5.26 Å². The molecule has 1 aliphatic rings. The van der Waals surface area contributed by atoms with Gasteiger partial charge < -0.3 is 20.1 Å². The van der Waals surface area contributed by atoms with Crippen LogP contribution in [0.5, 0.6) is 11.5 Å². The maximum absolute atomic E-state index is 9.91. The number of likely N-dealkylation sites (tertiary alicyclic amines) is 1. The maximum atomic E-state index is 9.91. The first-order chi connectivity index (χ1) is 19.2. The first-order valence-corrected chi connectivity index (χ1v) is 14.3. The van der Waals surface area contributed by atoms with Crippen LogP contribution in [0.4, 0.5) is 5.69 Å². The fourth-order valence-electron chi connectivity index (χ4n) is 4.56. The summed E-state index contributed by atoms with van der Waals surface area (Å²) in [6.07, 6.45) is 4.91. The number of aryl methyl sites for hydroxylation is 1. The second-order valence-electron chi connectivity index (χ2n) is 9.72. The molecule has 0 radical (unpaired) electrons. The lowest BCUT2D eigenvalue weighted by atomic mass is 9.96. The molecule has 0 atom stereocenters. The standard InChI is InChI=1S/C29H31Cl2N5O2.C2H6/c1-17(2)36-8-6-21(7-9-36)38-29-18(3)10-19(11-20(29)13-32)28(34)23-12-22(4-5-27(23)33)37-16-24-25(30)14-35-15-26(24)31;1-2/h4-5,10-12,14-15,17,21,34H,6-9,16,33H2,1-3H3;1-2H3. The van der Waals surface area contributed by atoms with E-state index in [4.69, 9.17) is 43.8 Å². The third kappa shape index (κ3) is 7.45. The minimum Gasteiger partial charge on any atom is -0.489 e. The van der Waals surface area contributed by atoms with E-state index < -0.39 is 0 Å². The van der Waals surface area contributed by atoms with Gasteiger partial charge in [-0.25, -0.2) is 0 Å². The summed E-state index contributed by atoms with van der Waals surface area (Å²) in [7, 11) is 0. The zero-order chi connectivity index (χ0) is 29.4. The highest BCUT2D eigenvalue weighted by Crippen LogP contribution is 2.31. The van der Waals surface area contributed by atoms with Gasteiger partial charge in [0.2, 0.25) is 0 Å². The third-order valence-electron chi connectivity index (χ3n) is 6.80. The van der Waals surface area contributed by atoms with Crippen LogP contribution in [0.25, 0.3) is 0 Å². The van der Waals surface area contributed by atoms with Gasteiger partial charge in [-0.15, -0.1) is 0 Å². The number of ether oxygens (including phenoxy) is 2. The zero-order valence-electron chi connectivity index (χ0n) is 23.7. The summed E-state index contributed by atoms with van der Waals surface area (Å²) < 4.78 is 12.2. The van der Waals surface area contributed by atoms with Crippen LogP contribution >= 0.6 is 23.2 Å². The molecule has 2 heterocycles. The molecule has 3 aromatic rings. The van der Waals surface area contributed by atoms with E-state index in [-0.39, 0.29) is 18.4 Å². The number of nitrogen functional groups attached to an aromatic ring is 1. The van der Waals surface area contributed by atoms with E-state index in [9.17, 15) is 5.26 Å². The molecule has 212 valence electrons. The van der Waals surface area contributed by atoms with Gasteiger partial charge in [0.05, 0.1) is 21.3 Å². The van der Waals surface area contributed by atoms with Crippen molar-refractivity contribution in [3.63, 3.8) is 0 Å². The number of nitrogens with two attached hydrogens (primary N) is 1. The van der Waals surface area contributed by atoms with Crippen molar-refractivity contribution in [3.8, 4) is 17.6 Å². The topological polar surface area (TPSA) is 108 Å². The second-order valence-corrected chi connectivity index (χ2v) is 10.5. The minimum atomic E-state index is 0.0629. The SMILES string of the molecule is CC.Cc1cc(C(=N)c2cc(OCc3c(Cl)cncc3Cl)ccc2N)cc(C#N)c1OC1CCN(C(C)C)CC1. The molecule has 1 aromatic heterocycles. The lowest BCUT2D eigenvalue weighted by Crippen LogP contribution is -2.41. The highest BCUT2D eigenvalue weighted by molar-refractivity contribution is 6.35. The Morgan fingerprint density at radius 3 is 2.40 bits per heavy atom. The predicted molar refractivity (Wildman–Crippen MR) is 163 cm³/mol. The normalized spacial score (nSPS) is 13.8. The van der Waals surface area contributed by atoms with Gasteiger partial charge in [-0.3, -0.25) is 10.4 Å². The molecule has 1 aliphatic heterocycles. The average Bonchev–Trinajstić information content (AvgIpc) is 2.95. The van der Waals surface area contributed by atoms with Crippen molar-refractivity contribution >= 4 is 34.6 Å². The van der Waals surface area contributed by atoms with Crippen molar-refractivity contribution in [1.82, 2.24) is 9.88 Å². The molecule has 4 rings (SSSR count). The largest absolute Gasteiger partial charge is 0.489 e. The van der Waals surface area contributed by atoms with Gasteiger partial charge in [0.25, 0.3) is 0 Å². The van der Waals surface area contributed by atoms with Crippen molar-refractivity contribution in [3.05, 3.63) is 80.6 Å². The van der Waals surface area contributed by atoms with Crippen molar-refractivity contribution in [2.45, 2.75) is 66.2 Å². The summed E-state index contributed by atoms with van der Waals surface area (Å²) in [5.41, 5.74) is 9.75. The number of nitrogens with one attached hydrogen (secondary N) is 1. The van der Waals surface area contributed by atoms with E-state index in [1.165, 1.54) is 12.4 Å². The molecule has 2 aromatic carbocycles. The van der Waals surface area contributed by atoms with E-state index >= 15 is 0 Å². The van der Waals surface area contributed by atoms with Crippen LogP contribution in [-0.4, -0.2) is 40.8 Å². The number of piperidine rings is 1. The molecule has 0 amide bonds. The Kier molecular flexibility index (Phi) is 11.2. The number of halogens is 2. The number of hydrogen-bond acceptors (Lipinski definition) is 7. The molecule has 1 saturated heterocycles. The minimum absolute atomic E-state index is 0.0629. The Morgan fingerprint density at radius 2 is 1.80 bits per heavy atom. The molecule has 1 fully saturated rings. The van der Waals surface area contributed by atoms with E-state index in [1.54, 1.807) is 24.3 Å². The number of nitrogens with zero attached hydrogens (tertiary/aromatic N) is 3. The molecule has 3 N–H and O–H groups in total. The predicted octanol–water partition coefficient (Wildman–Crippen LogP) is 7.42. The average molecular weight is 583 g/mol. The first kappa shape index (κ1) is 31.2. The van der Waals surface area contributed by atoms with E-state index in [0.29, 0.717) is 55.5 Å². The number of hydrogen-bond donors (Lipinski definition) is 2. The van der Waals surface area contributed by atoms with Crippen molar-refractivity contribution < 1.29 is 9.47 Å². The van der Waals surface area contributed by atoms with Crippen LogP contribution in [0.15, 0.2) is 42.7 Å². The lowest BCUT2D eigenvalue weighted by molar-refractivity contribution is 0.0836. The molecule has 0 unspecified atom stereocenters. The van der Waals surface area contributed by atoms with E-state index in [2.05, 4.69) is 29.8 Å². The number of pyridine rings is 1. The Morgan fingerprint density at radius 1 is 1.15 bits per heavy atom. The molecule has 7 nitrogen and oxygen atoms in total. The van der Waals surface area contributed by atoms with Crippen LogP contribution in [0.1, 0.15) is 68.4 Å². The van der Waals surface area contributed by atoms with Crippen molar-refractivity contribution in [2.75, 3.05) is 18.8 Å². The molecule has 40 heavy (non-hydrogen) atoms. The summed E-state index contributed by atoms with van der Waals surface area (Å²) in [4.78, 5) is 6.39. The lowest BCUT2D eigenvalue weighted by Gasteiger charge is -2.35. The van der Waals surface area contributed by atoms with Gasteiger partial charge >= 0.3 is 0 Å². The van der Waals surface area contributed by atoms with Gasteiger partial charge in [-0.05, 0) is 69.5 Å².